The Balaban J connectivity index is 1.54. The summed E-state index contributed by atoms with van der Waals surface area (Å²) in [5, 5.41) is 3.65. The number of carbonyl (C=O) groups is 1. The Morgan fingerprint density at radius 3 is 2.62 bits per heavy atom. The second-order valence-corrected chi connectivity index (χ2v) is 9.45. The van der Waals surface area contributed by atoms with E-state index in [2.05, 4.69) is 54.6 Å². The molecule has 164 valence electrons. The maximum Gasteiger partial charge on any atom is 0.230 e. The predicted molar refractivity (Wildman–Crippen MR) is 133 cm³/mol. The van der Waals surface area contributed by atoms with Gasteiger partial charge in [-0.1, -0.05) is 43.0 Å². The molecule has 0 N–H and O–H groups in total. The van der Waals surface area contributed by atoms with E-state index in [9.17, 15) is 4.79 Å². The average molecular weight is 463 g/mol. The highest BCUT2D eigenvalue weighted by Gasteiger charge is 2.20. The molecule has 0 bridgehead atoms. The second-order valence-electron chi connectivity index (χ2n) is 7.67. The van der Waals surface area contributed by atoms with Gasteiger partial charge in [-0.05, 0) is 55.2 Å². The van der Waals surface area contributed by atoms with Crippen LogP contribution in [0, 0.1) is 13.8 Å². The smallest absolute Gasteiger partial charge is 0.230 e. The first kappa shape index (κ1) is 22.3. The highest BCUT2D eigenvalue weighted by molar-refractivity contribution is 7.98. The minimum absolute atomic E-state index is 0.0372. The van der Waals surface area contributed by atoms with Gasteiger partial charge in [0.15, 0.2) is 10.3 Å². The molecule has 2 aromatic heterocycles. The molecule has 0 atom stereocenters. The standard InChI is InChI=1S/C25H26N4OS2/c1-5-20-8-6-7-9-23(20)29(19(4)30)25-27-21(16-32-25)15-31-24-26-10-11-28(24)22-13-17(2)12-18(3)14-22/h6-14,16H,5,15H2,1-4H3. The molecule has 0 unspecified atom stereocenters. The summed E-state index contributed by atoms with van der Waals surface area (Å²) in [6.07, 6.45) is 4.67. The van der Waals surface area contributed by atoms with Crippen LogP contribution >= 0.6 is 23.1 Å². The van der Waals surface area contributed by atoms with Crippen LogP contribution in [0.4, 0.5) is 10.8 Å². The van der Waals surface area contributed by atoms with Crippen LogP contribution in [-0.2, 0) is 17.0 Å². The number of benzene rings is 2. The van der Waals surface area contributed by atoms with Crippen LogP contribution in [0.3, 0.4) is 0 Å². The quantitative estimate of drug-likeness (QED) is 0.295. The molecule has 1 amide bonds. The third kappa shape index (κ3) is 4.79. The normalized spacial score (nSPS) is 11.0. The summed E-state index contributed by atoms with van der Waals surface area (Å²) in [4.78, 5) is 23.5. The van der Waals surface area contributed by atoms with Crippen molar-refractivity contribution in [3.8, 4) is 5.69 Å². The third-order valence-electron chi connectivity index (χ3n) is 5.10. The van der Waals surface area contributed by atoms with Crippen LogP contribution < -0.4 is 4.90 Å². The number of hydrogen-bond donors (Lipinski definition) is 0. The number of amides is 1. The summed E-state index contributed by atoms with van der Waals surface area (Å²) in [6.45, 7) is 7.89. The maximum atomic E-state index is 12.5. The van der Waals surface area contributed by atoms with E-state index in [1.54, 1.807) is 23.6 Å². The number of aryl methyl sites for hydroxylation is 3. The maximum absolute atomic E-state index is 12.5. The van der Waals surface area contributed by atoms with E-state index < -0.39 is 0 Å². The van der Waals surface area contributed by atoms with Gasteiger partial charge in [-0.3, -0.25) is 14.3 Å². The summed E-state index contributed by atoms with van der Waals surface area (Å²) in [7, 11) is 0. The van der Waals surface area contributed by atoms with Gasteiger partial charge in [0.1, 0.15) is 0 Å². The molecular weight excluding hydrogens is 436 g/mol. The number of thiazole rings is 1. The topological polar surface area (TPSA) is 51.0 Å². The number of hydrogen-bond acceptors (Lipinski definition) is 5. The molecule has 0 aliphatic heterocycles. The second kappa shape index (κ2) is 9.71. The van der Waals surface area contributed by atoms with Gasteiger partial charge in [0.2, 0.25) is 5.91 Å². The molecule has 2 aromatic carbocycles. The van der Waals surface area contributed by atoms with Crippen molar-refractivity contribution in [2.45, 2.75) is 45.0 Å². The van der Waals surface area contributed by atoms with Crippen molar-refractivity contribution in [2.75, 3.05) is 4.90 Å². The van der Waals surface area contributed by atoms with Crippen molar-refractivity contribution in [1.82, 2.24) is 14.5 Å². The van der Waals surface area contributed by atoms with Crippen molar-refractivity contribution in [2.24, 2.45) is 0 Å². The minimum atomic E-state index is -0.0372. The molecule has 4 rings (SSSR count). The summed E-state index contributed by atoms with van der Waals surface area (Å²) >= 11 is 3.14. The van der Waals surface area contributed by atoms with Gasteiger partial charge in [0.25, 0.3) is 0 Å². The summed E-state index contributed by atoms with van der Waals surface area (Å²) in [5.41, 5.74) is 6.53. The van der Waals surface area contributed by atoms with Crippen molar-refractivity contribution in [3.05, 3.63) is 82.6 Å². The number of aromatic nitrogens is 3. The van der Waals surface area contributed by atoms with Crippen LogP contribution in [0.1, 0.15) is 36.2 Å². The first-order valence-corrected chi connectivity index (χ1v) is 12.4. The number of anilines is 2. The Labute approximate surface area is 197 Å². The third-order valence-corrected chi connectivity index (χ3v) is 6.97. The highest BCUT2D eigenvalue weighted by Crippen LogP contribution is 2.33. The highest BCUT2D eigenvalue weighted by atomic mass is 32.2. The fourth-order valence-corrected chi connectivity index (χ4v) is 5.57. The monoisotopic (exact) mass is 462 g/mol. The summed E-state index contributed by atoms with van der Waals surface area (Å²) in [6, 6.07) is 14.5. The first-order chi connectivity index (χ1) is 15.5. The zero-order valence-electron chi connectivity index (χ0n) is 18.7. The molecular formula is C25H26N4OS2. The van der Waals surface area contributed by atoms with E-state index in [-0.39, 0.29) is 5.91 Å². The molecule has 0 saturated carbocycles. The Morgan fingerprint density at radius 2 is 1.91 bits per heavy atom. The molecule has 0 fully saturated rings. The number of thioether (sulfide) groups is 1. The summed E-state index contributed by atoms with van der Waals surface area (Å²) in [5.74, 6) is 0.643. The minimum Gasteiger partial charge on any atom is -0.295 e. The fourth-order valence-electron chi connectivity index (χ4n) is 3.72. The lowest BCUT2D eigenvalue weighted by molar-refractivity contribution is -0.115. The van der Waals surface area contributed by atoms with E-state index in [1.807, 2.05) is 36.0 Å². The van der Waals surface area contributed by atoms with E-state index in [0.29, 0.717) is 10.9 Å². The van der Waals surface area contributed by atoms with Crippen LogP contribution in [-0.4, -0.2) is 20.4 Å². The van der Waals surface area contributed by atoms with Crippen LogP contribution in [0.2, 0.25) is 0 Å². The van der Waals surface area contributed by atoms with E-state index in [0.717, 1.165) is 34.2 Å². The summed E-state index contributed by atoms with van der Waals surface area (Å²) < 4.78 is 2.11. The molecule has 0 saturated heterocycles. The average Bonchev–Trinajstić information content (AvgIpc) is 3.41. The largest absolute Gasteiger partial charge is 0.295 e. The zero-order valence-corrected chi connectivity index (χ0v) is 20.3. The van der Waals surface area contributed by atoms with Crippen molar-refractivity contribution in [3.63, 3.8) is 0 Å². The van der Waals surface area contributed by atoms with E-state index in [4.69, 9.17) is 4.98 Å². The molecule has 5 nitrogen and oxygen atoms in total. The van der Waals surface area contributed by atoms with Gasteiger partial charge in [-0.2, -0.15) is 0 Å². The molecule has 2 heterocycles. The number of para-hydroxylation sites is 1. The van der Waals surface area contributed by atoms with Crippen molar-refractivity contribution in [1.29, 1.82) is 0 Å². The Hall–Kier alpha value is -2.90. The van der Waals surface area contributed by atoms with Crippen molar-refractivity contribution >= 4 is 39.8 Å². The Morgan fingerprint density at radius 1 is 1.16 bits per heavy atom. The van der Waals surface area contributed by atoms with E-state index in [1.165, 1.54) is 22.5 Å². The van der Waals surface area contributed by atoms with Crippen LogP contribution in [0.15, 0.2) is 65.4 Å². The van der Waals surface area contributed by atoms with Gasteiger partial charge in [0, 0.05) is 36.1 Å². The molecule has 0 aliphatic rings. The van der Waals surface area contributed by atoms with Gasteiger partial charge in [-0.15, -0.1) is 11.3 Å². The lowest BCUT2D eigenvalue weighted by Gasteiger charge is -2.20. The molecule has 0 aliphatic carbocycles. The lowest BCUT2D eigenvalue weighted by Crippen LogP contribution is -2.23. The van der Waals surface area contributed by atoms with Gasteiger partial charge >= 0.3 is 0 Å². The number of rotatable bonds is 7. The van der Waals surface area contributed by atoms with Gasteiger partial charge in [-0.25, -0.2) is 9.97 Å². The number of nitrogens with zero attached hydrogens (tertiary/aromatic N) is 4. The fraction of sp³-hybridized carbons (Fsp3) is 0.240. The zero-order chi connectivity index (χ0) is 22.7. The molecule has 7 heteroatoms. The SMILES string of the molecule is CCc1ccccc1N(C(C)=O)c1nc(CSc2nccn2-c2cc(C)cc(C)c2)cs1. The van der Waals surface area contributed by atoms with Gasteiger partial charge < -0.3 is 0 Å². The number of imidazole rings is 1. The Bertz CT molecular complexity index is 1220. The van der Waals surface area contributed by atoms with Crippen molar-refractivity contribution < 1.29 is 4.79 Å². The Kier molecular flexibility index (Phi) is 6.77. The molecule has 32 heavy (non-hydrogen) atoms. The van der Waals surface area contributed by atoms with Gasteiger partial charge in [0.05, 0.1) is 11.4 Å². The van der Waals surface area contributed by atoms with Crippen LogP contribution in [0.25, 0.3) is 5.69 Å². The lowest BCUT2D eigenvalue weighted by atomic mass is 10.1. The molecule has 4 aromatic rings. The first-order valence-electron chi connectivity index (χ1n) is 10.5. The predicted octanol–water partition coefficient (Wildman–Crippen LogP) is 6.48. The van der Waals surface area contributed by atoms with E-state index >= 15 is 0 Å². The molecule has 0 radical (unpaired) electrons. The molecule has 0 spiro atoms. The number of carbonyl (C=O) groups excluding carboxylic acids is 1. The van der Waals surface area contributed by atoms with Crippen LogP contribution in [0.5, 0.6) is 0 Å².